The minimum absolute atomic E-state index is 0.366. The van der Waals surface area contributed by atoms with Crippen LogP contribution >= 0.6 is 0 Å². The van der Waals surface area contributed by atoms with Gasteiger partial charge in [0.2, 0.25) is 0 Å². The van der Waals surface area contributed by atoms with Gasteiger partial charge in [-0.15, -0.1) is 0 Å². The van der Waals surface area contributed by atoms with E-state index in [0.717, 1.165) is 65.1 Å². The third kappa shape index (κ3) is 4.15. The monoisotopic (exact) mass is 283 g/mol. The van der Waals surface area contributed by atoms with Crippen LogP contribution in [-0.2, 0) is 9.47 Å². The molecule has 0 amide bonds. The van der Waals surface area contributed by atoms with Gasteiger partial charge in [-0.2, -0.15) is 0 Å². The molecule has 5 nitrogen and oxygen atoms in total. The molecule has 1 saturated carbocycles. The molecule has 0 spiro atoms. The van der Waals surface area contributed by atoms with Crippen molar-refractivity contribution in [3.63, 3.8) is 0 Å². The van der Waals surface area contributed by atoms with Crippen LogP contribution in [-0.4, -0.2) is 87.1 Å². The summed E-state index contributed by atoms with van der Waals surface area (Å²) in [6, 6.07) is 1.30. The van der Waals surface area contributed by atoms with E-state index in [-0.39, 0.29) is 0 Å². The summed E-state index contributed by atoms with van der Waals surface area (Å²) < 4.78 is 11.6. The molecule has 3 fully saturated rings. The lowest BCUT2D eigenvalue weighted by atomic mass is 10.1. The van der Waals surface area contributed by atoms with Gasteiger partial charge in [0.25, 0.3) is 0 Å². The molecular weight excluding hydrogens is 254 g/mol. The van der Waals surface area contributed by atoms with Crippen LogP contribution in [0.4, 0.5) is 0 Å². The maximum absolute atomic E-state index is 5.95. The lowest BCUT2D eigenvalue weighted by molar-refractivity contribution is -0.0715. The molecule has 0 aromatic carbocycles. The summed E-state index contributed by atoms with van der Waals surface area (Å²) >= 11 is 0. The highest BCUT2D eigenvalue weighted by atomic mass is 16.5. The number of nitrogens with one attached hydrogen (secondary N) is 1. The molecule has 1 N–H and O–H groups in total. The standard InChI is InChI=1S/C15H29N3O2/c1-2-17-5-8-20-15(10-17)11-18-6-7-19-12-14(18)9-16-13-3-4-13/h13-16H,2-12H2,1H3. The van der Waals surface area contributed by atoms with Crippen molar-refractivity contribution >= 4 is 0 Å². The molecule has 2 unspecified atom stereocenters. The predicted molar refractivity (Wildman–Crippen MR) is 79.1 cm³/mol. The van der Waals surface area contributed by atoms with Crippen molar-refractivity contribution < 1.29 is 9.47 Å². The van der Waals surface area contributed by atoms with Gasteiger partial charge in [0.1, 0.15) is 0 Å². The quantitative estimate of drug-likeness (QED) is 0.751. The zero-order valence-electron chi connectivity index (χ0n) is 12.7. The van der Waals surface area contributed by atoms with Crippen molar-refractivity contribution in [1.29, 1.82) is 0 Å². The van der Waals surface area contributed by atoms with Crippen LogP contribution in [0.15, 0.2) is 0 Å². The minimum Gasteiger partial charge on any atom is -0.378 e. The fraction of sp³-hybridized carbons (Fsp3) is 1.00. The first-order chi connectivity index (χ1) is 9.85. The smallest absolute Gasteiger partial charge is 0.0829 e. The van der Waals surface area contributed by atoms with Gasteiger partial charge in [0.05, 0.1) is 25.9 Å². The molecular formula is C15H29N3O2. The van der Waals surface area contributed by atoms with Gasteiger partial charge in [-0.3, -0.25) is 9.80 Å². The zero-order chi connectivity index (χ0) is 13.8. The lowest BCUT2D eigenvalue weighted by Gasteiger charge is -2.40. The van der Waals surface area contributed by atoms with Crippen LogP contribution in [0, 0.1) is 0 Å². The zero-order valence-corrected chi connectivity index (χ0v) is 12.7. The Kier molecular flexibility index (Phi) is 5.29. The summed E-state index contributed by atoms with van der Waals surface area (Å²) in [6.45, 7) is 11.3. The molecule has 2 atom stereocenters. The summed E-state index contributed by atoms with van der Waals surface area (Å²) in [5.74, 6) is 0. The van der Waals surface area contributed by atoms with Crippen molar-refractivity contribution in [3.8, 4) is 0 Å². The molecule has 2 aliphatic heterocycles. The molecule has 0 radical (unpaired) electrons. The van der Waals surface area contributed by atoms with Crippen molar-refractivity contribution in [2.24, 2.45) is 0 Å². The van der Waals surface area contributed by atoms with Gasteiger partial charge in [-0.1, -0.05) is 6.92 Å². The average Bonchev–Trinajstić information content (AvgIpc) is 3.31. The Morgan fingerprint density at radius 3 is 2.90 bits per heavy atom. The van der Waals surface area contributed by atoms with Crippen molar-refractivity contribution in [1.82, 2.24) is 15.1 Å². The molecule has 2 heterocycles. The second kappa shape index (κ2) is 7.18. The second-order valence-electron chi connectivity index (χ2n) is 6.29. The first-order valence-electron chi connectivity index (χ1n) is 8.24. The van der Waals surface area contributed by atoms with Crippen LogP contribution in [0.2, 0.25) is 0 Å². The third-order valence-electron chi connectivity index (χ3n) is 4.68. The number of hydrogen-bond acceptors (Lipinski definition) is 5. The Morgan fingerprint density at radius 1 is 1.20 bits per heavy atom. The van der Waals surface area contributed by atoms with E-state index in [1.54, 1.807) is 0 Å². The molecule has 0 aromatic rings. The number of likely N-dealkylation sites (N-methyl/N-ethyl adjacent to an activating group) is 1. The van der Waals surface area contributed by atoms with Crippen molar-refractivity contribution in [3.05, 3.63) is 0 Å². The molecule has 0 aromatic heterocycles. The molecule has 5 heteroatoms. The second-order valence-corrected chi connectivity index (χ2v) is 6.29. The molecule has 116 valence electrons. The number of ether oxygens (including phenoxy) is 2. The van der Waals surface area contributed by atoms with E-state index in [2.05, 4.69) is 22.0 Å². The summed E-state index contributed by atoms with van der Waals surface area (Å²) in [5.41, 5.74) is 0. The van der Waals surface area contributed by atoms with E-state index >= 15 is 0 Å². The van der Waals surface area contributed by atoms with E-state index in [4.69, 9.17) is 9.47 Å². The normalized spacial score (nSPS) is 33.5. The highest BCUT2D eigenvalue weighted by Gasteiger charge is 2.29. The summed E-state index contributed by atoms with van der Waals surface area (Å²) in [4.78, 5) is 5.06. The van der Waals surface area contributed by atoms with E-state index in [1.165, 1.54) is 12.8 Å². The van der Waals surface area contributed by atoms with Gasteiger partial charge in [0, 0.05) is 44.8 Å². The van der Waals surface area contributed by atoms with Crippen LogP contribution in [0.1, 0.15) is 19.8 Å². The molecule has 3 rings (SSSR count). The molecule has 0 bridgehead atoms. The summed E-state index contributed by atoms with van der Waals surface area (Å²) in [5, 5.41) is 3.64. The lowest BCUT2D eigenvalue weighted by Crippen LogP contribution is -2.55. The van der Waals surface area contributed by atoms with Crippen molar-refractivity contribution in [2.75, 3.05) is 59.1 Å². The SMILES string of the molecule is CCN1CCOC(CN2CCOCC2CNC2CC2)C1. The van der Waals surface area contributed by atoms with Crippen LogP contribution in [0.5, 0.6) is 0 Å². The van der Waals surface area contributed by atoms with Gasteiger partial charge < -0.3 is 14.8 Å². The highest BCUT2D eigenvalue weighted by molar-refractivity contribution is 4.86. The number of rotatable bonds is 6. The van der Waals surface area contributed by atoms with Gasteiger partial charge in [-0.05, 0) is 19.4 Å². The van der Waals surface area contributed by atoms with Crippen LogP contribution in [0.3, 0.4) is 0 Å². The fourth-order valence-corrected chi connectivity index (χ4v) is 3.15. The minimum atomic E-state index is 0.366. The summed E-state index contributed by atoms with van der Waals surface area (Å²) in [7, 11) is 0. The third-order valence-corrected chi connectivity index (χ3v) is 4.68. The van der Waals surface area contributed by atoms with Gasteiger partial charge >= 0.3 is 0 Å². The maximum atomic E-state index is 5.95. The fourth-order valence-electron chi connectivity index (χ4n) is 3.15. The summed E-state index contributed by atoms with van der Waals surface area (Å²) in [6.07, 6.45) is 3.07. The Balaban J connectivity index is 1.47. The van der Waals surface area contributed by atoms with E-state index < -0.39 is 0 Å². The van der Waals surface area contributed by atoms with E-state index in [1.807, 2.05) is 0 Å². The van der Waals surface area contributed by atoms with Crippen LogP contribution < -0.4 is 5.32 Å². The van der Waals surface area contributed by atoms with E-state index in [0.29, 0.717) is 12.1 Å². The highest BCUT2D eigenvalue weighted by Crippen LogP contribution is 2.19. The largest absolute Gasteiger partial charge is 0.378 e. The molecule has 1 aliphatic carbocycles. The Hall–Kier alpha value is -0.200. The first kappa shape index (κ1) is 14.7. The number of morpholine rings is 2. The Bertz CT molecular complexity index is 299. The van der Waals surface area contributed by atoms with Gasteiger partial charge in [0.15, 0.2) is 0 Å². The maximum Gasteiger partial charge on any atom is 0.0829 e. The Labute approximate surface area is 122 Å². The molecule has 3 aliphatic rings. The Morgan fingerprint density at radius 2 is 2.10 bits per heavy atom. The molecule has 20 heavy (non-hydrogen) atoms. The average molecular weight is 283 g/mol. The van der Waals surface area contributed by atoms with E-state index in [9.17, 15) is 0 Å². The number of hydrogen-bond donors (Lipinski definition) is 1. The topological polar surface area (TPSA) is 37.0 Å². The van der Waals surface area contributed by atoms with Crippen molar-refractivity contribution in [2.45, 2.75) is 38.0 Å². The van der Waals surface area contributed by atoms with Crippen LogP contribution in [0.25, 0.3) is 0 Å². The number of nitrogens with zero attached hydrogens (tertiary/aromatic N) is 2. The molecule has 2 saturated heterocycles. The predicted octanol–water partition coefficient (Wildman–Crippen LogP) is 0.160. The first-order valence-corrected chi connectivity index (χ1v) is 8.24. The van der Waals surface area contributed by atoms with Gasteiger partial charge in [-0.25, -0.2) is 0 Å².